The first-order valence-electron chi connectivity index (χ1n) is 4.37. The van der Waals surface area contributed by atoms with E-state index in [0.717, 1.165) is 5.11 Å². The minimum absolute atomic E-state index is 0.472. The third-order valence-electron chi connectivity index (χ3n) is 1.72. The largest absolute Gasteiger partial charge is 0.355 e. The van der Waals surface area contributed by atoms with Crippen LogP contribution in [-0.2, 0) is 0 Å². The number of thiocarbonyl (C=S) groups is 1. The van der Waals surface area contributed by atoms with Crippen LogP contribution in [0.1, 0.15) is 27.7 Å². The second-order valence-electron chi connectivity index (χ2n) is 3.77. The van der Waals surface area contributed by atoms with Crippen LogP contribution >= 0.6 is 12.2 Å². The van der Waals surface area contributed by atoms with Crippen molar-refractivity contribution in [1.82, 2.24) is 9.80 Å². The SMILES string of the molecule is CC(C)N(C(=S)N(C)C)C(C)C. The van der Waals surface area contributed by atoms with Crippen molar-refractivity contribution in [2.45, 2.75) is 39.8 Å². The third-order valence-corrected chi connectivity index (χ3v) is 2.29. The minimum atomic E-state index is 0.472. The van der Waals surface area contributed by atoms with Gasteiger partial charge in [-0.25, -0.2) is 0 Å². The normalized spacial score (nSPS) is 10.7. The molecule has 0 aliphatic rings. The Balaban J connectivity index is 4.41. The maximum absolute atomic E-state index is 5.30. The summed E-state index contributed by atoms with van der Waals surface area (Å²) in [7, 11) is 3.97. The molecule has 0 amide bonds. The lowest BCUT2D eigenvalue weighted by molar-refractivity contribution is 0.269. The van der Waals surface area contributed by atoms with E-state index < -0.39 is 0 Å². The van der Waals surface area contributed by atoms with Crippen LogP contribution in [0.5, 0.6) is 0 Å². The van der Waals surface area contributed by atoms with Gasteiger partial charge in [0, 0.05) is 26.2 Å². The second kappa shape index (κ2) is 4.65. The van der Waals surface area contributed by atoms with Crippen molar-refractivity contribution in [2.24, 2.45) is 0 Å². The molecule has 0 aromatic heterocycles. The van der Waals surface area contributed by atoms with Crippen LogP contribution in [-0.4, -0.2) is 41.1 Å². The summed E-state index contributed by atoms with van der Waals surface area (Å²) in [5, 5.41) is 0.917. The van der Waals surface area contributed by atoms with Gasteiger partial charge in [0.25, 0.3) is 0 Å². The zero-order chi connectivity index (χ0) is 9.89. The molecular formula is C9H20N2S. The molecule has 0 spiro atoms. The van der Waals surface area contributed by atoms with E-state index in [-0.39, 0.29) is 0 Å². The Morgan fingerprint density at radius 2 is 1.33 bits per heavy atom. The molecule has 2 nitrogen and oxygen atoms in total. The fourth-order valence-corrected chi connectivity index (χ4v) is 1.69. The standard InChI is InChI=1S/C9H20N2S/c1-7(2)11(8(3)4)9(12)10(5)6/h7-8H,1-6H3. The number of rotatable bonds is 2. The quantitative estimate of drug-likeness (QED) is 0.612. The van der Waals surface area contributed by atoms with Crippen LogP contribution < -0.4 is 0 Å². The molecule has 12 heavy (non-hydrogen) atoms. The lowest BCUT2D eigenvalue weighted by Crippen LogP contribution is -2.46. The van der Waals surface area contributed by atoms with Crippen LogP contribution in [0.15, 0.2) is 0 Å². The Morgan fingerprint density at radius 1 is 1.00 bits per heavy atom. The third kappa shape index (κ3) is 2.97. The monoisotopic (exact) mass is 188 g/mol. The van der Waals surface area contributed by atoms with Gasteiger partial charge >= 0.3 is 0 Å². The molecule has 0 saturated heterocycles. The Labute approximate surface area is 81.5 Å². The molecular weight excluding hydrogens is 168 g/mol. The van der Waals surface area contributed by atoms with Crippen molar-refractivity contribution in [3.8, 4) is 0 Å². The molecule has 0 aromatic rings. The van der Waals surface area contributed by atoms with Crippen LogP contribution in [0.3, 0.4) is 0 Å². The minimum Gasteiger partial charge on any atom is -0.355 e. The van der Waals surface area contributed by atoms with Gasteiger partial charge in [-0.3, -0.25) is 0 Å². The van der Waals surface area contributed by atoms with E-state index in [2.05, 4.69) is 32.6 Å². The Bertz CT molecular complexity index is 145. The fraction of sp³-hybridized carbons (Fsp3) is 0.889. The summed E-state index contributed by atoms with van der Waals surface area (Å²) < 4.78 is 0. The molecule has 0 aromatic carbocycles. The molecule has 0 saturated carbocycles. The smallest absolute Gasteiger partial charge is 0.171 e. The van der Waals surface area contributed by atoms with Gasteiger partial charge in [-0.1, -0.05) is 0 Å². The molecule has 0 unspecified atom stereocenters. The highest BCUT2D eigenvalue weighted by Gasteiger charge is 2.17. The number of nitrogens with zero attached hydrogens (tertiary/aromatic N) is 2. The van der Waals surface area contributed by atoms with Gasteiger partial charge in [0.15, 0.2) is 5.11 Å². The summed E-state index contributed by atoms with van der Waals surface area (Å²) >= 11 is 5.30. The van der Waals surface area contributed by atoms with E-state index in [4.69, 9.17) is 12.2 Å². The van der Waals surface area contributed by atoms with Gasteiger partial charge < -0.3 is 9.80 Å². The highest BCUT2D eigenvalue weighted by Crippen LogP contribution is 2.07. The first-order chi connectivity index (χ1) is 5.37. The van der Waals surface area contributed by atoms with E-state index in [1.165, 1.54) is 0 Å². The highest BCUT2D eigenvalue weighted by atomic mass is 32.1. The van der Waals surface area contributed by atoms with Gasteiger partial charge in [0.05, 0.1) is 0 Å². The fourth-order valence-electron chi connectivity index (χ4n) is 1.27. The molecule has 0 bridgehead atoms. The molecule has 0 fully saturated rings. The first-order valence-corrected chi connectivity index (χ1v) is 4.78. The van der Waals surface area contributed by atoms with Crippen molar-refractivity contribution in [3.63, 3.8) is 0 Å². The molecule has 0 aliphatic heterocycles. The summed E-state index contributed by atoms with van der Waals surface area (Å²) in [6, 6.07) is 0.944. The average Bonchev–Trinajstić information content (AvgIpc) is 1.85. The van der Waals surface area contributed by atoms with E-state index >= 15 is 0 Å². The van der Waals surface area contributed by atoms with Crippen molar-refractivity contribution in [1.29, 1.82) is 0 Å². The number of hydrogen-bond acceptors (Lipinski definition) is 1. The maximum Gasteiger partial charge on any atom is 0.171 e. The Hall–Kier alpha value is -0.310. The van der Waals surface area contributed by atoms with E-state index in [1.54, 1.807) is 0 Å². The molecule has 0 heterocycles. The van der Waals surface area contributed by atoms with Gasteiger partial charge in [0.1, 0.15) is 0 Å². The molecule has 0 aliphatic carbocycles. The van der Waals surface area contributed by atoms with Gasteiger partial charge in [-0.15, -0.1) is 0 Å². The second-order valence-corrected chi connectivity index (χ2v) is 4.14. The van der Waals surface area contributed by atoms with E-state index in [0.29, 0.717) is 12.1 Å². The summed E-state index contributed by atoms with van der Waals surface area (Å²) in [5.41, 5.74) is 0. The molecule has 0 rings (SSSR count). The van der Waals surface area contributed by atoms with Crippen molar-refractivity contribution in [3.05, 3.63) is 0 Å². The average molecular weight is 188 g/mol. The summed E-state index contributed by atoms with van der Waals surface area (Å²) in [4.78, 5) is 4.21. The molecule has 0 N–H and O–H groups in total. The van der Waals surface area contributed by atoms with Gasteiger partial charge in [-0.2, -0.15) is 0 Å². The Morgan fingerprint density at radius 3 is 1.42 bits per heavy atom. The zero-order valence-corrected chi connectivity index (χ0v) is 9.77. The Kier molecular flexibility index (Phi) is 4.53. The summed E-state index contributed by atoms with van der Waals surface area (Å²) in [6.07, 6.45) is 0. The van der Waals surface area contributed by atoms with Gasteiger partial charge in [0.2, 0.25) is 0 Å². The topological polar surface area (TPSA) is 6.48 Å². The van der Waals surface area contributed by atoms with Gasteiger partial charge in [-0.05, 0) is 39.9 Å². The zero-order valence-electron chi connectivity index (χ0n) is 8.96. The van der Waals surface area contributed by atoms with Crippen molar-refractivity contribution >= 4 is 17.3 Å². The van der Waals surface area contributed by atoms with Crippen LogP contribution in [0.25, 0.3) is 0 Å². The molecule has 0 atom stereocenters. The van der Waals surface area contributed by atoms with Crippen LogP contribution in [0.4, 0.5) is 0 Å². The van der Waals surface area contributed by atoms with Crippen molar-refractivity contribution < 1.29 is 0 Å². The van der Waals surface area contributed by atoms with E-state index in [9.17, 15) is 0 Å². The maximum atomic E-state index is 5.30. The van der Waals surface area contributed by atoms with Crippen LogP contribution in [0.2, 0.25) is 0 Å². The first kappa shape index (κ1) is 11.7. The number of hydrogen-bond donors (Lipinski definition) is 0. The van der Waals surface area contributed by atoms with E-state index in [1.807, 2.05) is 19.0 Å². The lowest BCUT2D eigenvalue weighted by atomic mass is 10.2. The predicted octanol–water partition coefficient (Wildman–Crippen LogP) is 1.95. The molecule has 0 radical (unpaired) electrons. The van der Waals surface area contributed by atoms with Crippen molar-refractivity contribution in [2.75, 3.05) is 14.1 Å². The summed E-state index contributed by atoms with van der Waals surface area (Å²) in [5.74, 6) is 0. The lowest BCUT2D eigenvalue weighted by Gasteiger charge is -2.35. The highest BCUT2D eigenvalue weighted by molar-refractivity contribution is 7.80. The molecule has 72 valence electrons. The molecule has 3 heteroatoms. The summed E-state index contributed by atoms with van der Waals surface area (Å²) in [6.45, 7) is 8.65. The van der Waals surface area contributed by atoms with Crippen LogP contribution in [0, 0.1) is 0 Å². The predicted molar refractivity (Wildman–Crippen MR) is 58.4 cm³/mol.